The lowest BCUT2D eigenvalue weighted by Gasteiger charge is -2.27. The Morgan fingerprint density at radius 2 is 1.74 bits per heavy atom. The van der Waals surface area contributed by atoms with Crippen LogP contribution in [0.4, 0.5) is 4.39 Å². The first-order chi connectivity index (χ1) is 15.1. The highest BCUT2D eigenvalue weighted by atomic mass is 19.1. The minimum absolute atomic E-state index is 0.0872. The molecular formula is C25H26FN3O2. The molecule has 1 aromatic heterocycles. The van der Waals surface area contributed by atoms with Crippen LogP contribution in [0.3, 0.4) is 0 Å². The van der Waals surface area contributed by atoms with E-state index in [0.717, 1.165) is 42.3 Å². The van der Waals surface area contributed by atoms with Crippen molar-refractivity contribution in [1.82, 2.24) is 14.8 Å². The smallest absolute Gasteiger partial charge is 0.270 e. The molecule has 0 atom stereocenters. The highest BCUT2D eigenvalue weighted by Gasteiger charge is 2.23. The second-order valence-corrected chi connectivity index (χ2v) is 7.73. The maximum Gasteiger partial charge on any atom is 0.270 e. The third kappa shape index (κ3) is 4.38. The summed E-state index contributed by atoms with van der Waals surface area (Å²) >= 11 is 0. The van der Waals surface area contributed by atoms with E-state index in [1.807, 2.05) is 30.5 Å². The van der Waals surface area contributed by atoms with E-state index in [4.69, 9.17) is 0 Å². The molecule has 3 aromatic rings. The van der Waals surface area contributed by atoms with Gasteiger partial charge in [0.25, 0.3) is 11.8 Å². The number of piperidine rings is 1. The Kier molecular flexibility index (Phi) is 6.16. The average molecular weight is 420 g/mol. The van der Waals surface area contributed by atoms with Gasteiger partial charge in [-0.2, -0.15) is 0 Å². The summed E-state index contributed by atoms with van der Waals surface area (Å²) in [6.07, 6.45) is 6.66. The van der Waals surface area contributed by atoms with E-state index in [-0.39, 0.29) is 17.2 Å². The number of hydrogen-bond acceptors (Lipinski definition) is 2. The Labute approximate surface area is 181 Å². The van der Waals surface area contributed by atoms with Gasteiger partial charge in [-0.05, 0) is 50.5 Å². The fraction of sp³-hybridized carbons (Fsp3) is 0.280. The van der Waals surface area contributed by atoms with Crippen LogP contribution >= 0.6 is 0 Å². The van der Waals surface area contributed by atoms with Gasteiger partial charge in [-0.1, -0.05) is 30.3 Å². The van der Waals surface area contributed by atoms with E-state index in [2.05, 4.69) is 16.8 Å². The van der Waals surface area contributed by atoms with Crippen LogP contribution in [0.5, 0.6) is 0 Å². The molecule has 31 heavy (non-hydrogen) atoms. The van der Waals surface area contributed by atoms with Crippen molar-refractivity contribution in [2.75, 3.05) is 13.1 Å². The summed E-state index contributed by atoms with van der Waals surface area (Å²) < 4.78 is 16.3. The van der Waals surface area contributed by atoms with Crippen molar-refractivity contribution in [3.8, 4) is 0 Å². The van der Waals surface area contributed by atoms with E-state index in [1.54, 1.807) is 17.0 Å². The van der Waals surface area contributed by atoms with Crippen LogP contribution in [0, 0.1) is 5.82 Å². The van der Waals surface area contributed by atoms with Gasteiger partial charge < -0.3 is 14.8 Å². The number of carbonyl (C=O) groups is 2. The maximum absolute atomic E-state index is 14.2. The second-order valence-electron chi connectivity index (χ2n) is 7.73. The molecule has 2 amide bonds. The molecule has 1 aliphatic rings. The number of aromatic nitrogens is 1. The van der Waals surface area contributed by atoms with Crippen molar-refractivity contribution in [2.45, 2.75) is 32.7 Å². The number of likely N-dealkylation sites (tertiary alicyclic amines) is 1. The molecule has 0 bridgehead atoms. The zero-order chi connectivity index (χ0) is 21.8. The summed E-state index contributed by atoms with van der Waals surface area (Å²) in [6, 6.07) is 13.7. The van der Waals surface area contributed by atoms with Crippen LogP contribution in [-0.4, -0.2) is 34.4 Å². The number of rotatable bonds is 5. The lowest BCUT2D eigenvalue weighted by molar-refractivity contribution is -0.128. The van der Waals surface area contributed by atoms with E-state index >= 15 is 0 Å². The molecular weight excluding hydrogens is 393 g/mol. The van der Waals surface area contributed by atoms with Crippen LogP contribution in [0.15, 0.2) is 60.4 Å². The van der Waals surface area contributed by atoms with Crippen LogP contribution in [-0.2, 0) is 11.3 Å². The van der Waals surface area contributed by atoms with Crippen molar-refractivity contribution in [3.05, 3.63) is 77.4 Å². The molecule has 2 heterocycles. The molecule has 0 unspecified atom stereocenters. The third-order valence-corrected chi connectivity index (χ3v) is 5.70. The number of para-hydroxylation sites is 1. The highest BCUT2D eigenvalue weighted by Crippen LogP contribution is 2.24. The lowest BCUT2D eigenvalue weighted by atomic mass is 10.1. The number of hydrogen-bond donors (Lipinski definition) is 1. The highest BCUT2D eigenvalue weighted by molar-refractivity contribution is 6.06. The zero-order valence-electron chi connectivity index (χ0n) is 17.6. The predicted octanol–water partition coefficient (Wildman–Crippen LogP) is 4.58. The summed E-state index contributed by atoms with van der Waals surface area (Å²) in [5.41, 5.74) is 1.97. The number of benzene rings is 2. The summed E-state index contributed by atoms with van der Waals surface area (Å²) in [7, 11) is 0. The molecule has 1 saturated heterocycles. The van der Waals surface area contributed by atoms with Gasteiger partial charge in [-0.25, -0.2) is 4.39 Å². The van der Waals surface area contributed by atoms with Gasteiger partial charge in [0.1, 0.15) is 11.5 Å². The minimum Gasteiger partial charge on any atom is -0.347 e. The molecule has 1 N–H and O–H groups in total. The van der Waals surface area contributed by atoms with E-state index in [9.17, 15) is 14.0 Å². The van der Waals surface area contributed by atoms with Gasteiger partial charge in [0.15, 0.2) is 0 Å². The largest absolute Gasteiger partial charge is 0.347 e. The van der Waals surface area contributed by atoms with E-state index in [1.165, 1.54) is 18.2 Å². The van der Waals surface area contributed by atoms with Crippen molar-refractivity contribution >= 4 is 28.8 Å². The van der Waals surface area contributed by atoms with E-state index in [0.29, 0.717) is 13.1 Å². The predicted molar refractivity (Wildman–Crippen MR) is 120 cm³/mol. The first-order valence-electron chi connectivity index (χ1n) is 10.7. The number of nitrogens with zero attached hydrogens (tertiary/aromatic N) is 2. The quantitative estimate of drug-likeness (QED) is 0.616. The van der Waals surface area contributed by atoms with Crippen LogP contribution in [0.2, 0.25) is 0 Å². The van der Waals surface area contributed by atoms with Crippen molar-refractivity contribution in [2.24, 2.45) is 0 Å². The molecule has 1 fully saturated rings. The Balaban J connectivity index is 1.74. The molecule has 0 spiro atoms. The summed E-state index contributed by atoms with van der Waals surface area (Å²) in [4.78, 5) is 27.9. The van der Waals surface area contributed by atoms with Gasteiger partial charge in [0.05, 0.1) is 5.56 Å². The number of carbonyl (C=O) groups excluding carboxylic acids is 2. The summed E-state index contributed by atoms with van der Waals surface area (Å²) in [5.74, 6) is -1.49. The molecule has 0 aliphatic carbocycles. The van der Waals surface area contributed by atoms with E-state index < -0.39 is 11.7 Å². The SMILES string of the molecule is CCn1cc(C=C(NC(=O)c2ccccc2F)C(=O)N2CCCCC2)c2ccccc21. The number of amides is 2. The van der Waals surface area contributed by atoms with Crippen LogP contribution in [0.25, 0.3) is 17.0 Å². The monoisotopic (exact) mass is 419 g/mol. The van der Waals surface area contributed by atoms with Crippen LogP contribution in [0.1, 0.15) is 42.1 Å². The Hall–Kier alpha value is -3.41. The fourth-order valence-electron chi connectivity index (χ4n) is 4.06. The number of halogens is 1. The number of nitrogens with one attached hydrogen (secondary N) is 1. The summed E-state index contributed by atoms with van der Waals surface area (Å²) in [6.45, 7) is 4.15. The number of aryl methyl sites for hydroxylation is 1. The van der Waals surface area contributed by atoms with Gasteiger partial charge in [-0.3, -0.25) is 9.59 Å². The van der Waals surface area contributed by atoms with Crippen molar-refractivity contribution < 1.29 is 14.0 Å². The molecule has 4 rings (SSSR count). The molecule has 0 saturated carbocycles. The first kappa shape index (κ1) is 20.8. The first-order valence-corrected chi connectivity index (χ1v) is 10.7. The molecule has 160 valence electrons. The Bertz CT molecular complexity index is 1140. The van der Waals surface area contributed by atoms with Crippen LogP contribution < -0.4 is 5.32 Å². The zero-order valence-corrected chi connectivity index (χ0v) is 17.6. The molecule has 1 aliphatic heterocycles. The van der Waals surface area contributed by atoms with Gasteiger partial charge >= 0.3 is 0 Å². The lowest BCUT2D eigenvalue weighted by Crippen LogP contribution is -2.41. The van der Waals surface area contributed by atoms with Crippen molar-refractivity contribution in [3.63, 3.8) is 0 Å². The average Bonchev–Trinajstić information content (AvgIpc) is 3.16. The van der Waals surface area contributed by atoms with Gasteiger partial charge in [-0.15, -0.1) is 0 Å². The van der Waals surface area contributed by atoms with Crippen molar-refractivity contribution in [1.29, 1.82) is 0 Å². The topological polar surface area (TPSA) is 54.3 Å². The molecule has 6 heteroatoms. The maximum atomic E-state index is 14.2. The fourth-order valence-corrected chi connectivity index (χ4v) is 4.06. The Morgan fingerprint density at radius 3 is 2.48 bits per heavy atom. The minimum atomic E-state index is -0.631. The van der Waals surface area contributed by atoms with Gasteiger partial charge in [0.2, 0.25) is 0 Å². The normalized spacial score (nSPS) is 14.6. The number of fused-ring (bicyclic) bond motifs is 1. The Morgan fingerprint density at radius 1 is 1.03 bits per heavy atom. The summed E-state index contributed by atoms with van der Waals surface area (Å²) in [5, 5.41) is 3.69. The standard InChI is InChI=1S/C25H26FN3O2/c1-2-28-17-18(19-10-5-7-13-23(19)28)16-22(25(31)29-14-8-3-9-15-29)27-24(30)20-11-4-6-12-21(20)26/h4-7,10-13,16-17H,2-3,8-9,14-15H2,1H3,(H,27,30). The second kappa shape index (κ2) is 9.16. The molecule has 0 radical (unpaired) electrons. The molecule has 2 aromatic carbocycles. The molecule has 5 nitrogen and oxygen atoms in total. The third-order valence-electron chi connectivity index (χ3n) is 5.70. The van der Waals surface area contributed by atoms with Gasteiger partial charge in [0, 0.05) is 42.3 Å².